The van der Waals surface area contributed by atoms with Crippen LogP contribution in [0.15, 0.2) is 28.7 Å². The van der Waals surface area contributed by atoms with Crippen LogP contribution in [0.3, 0.4) is 0 Å². The van der Waals surface area contributed by atoms with Gasteiger partial charge in [-0.05, 0) is 11.6 Å². The Morgan fingerprint density at radius 2 is 2.24 bits per heavy atom. The molecule has 1 aromatic rings. The van der Waals surface area contributed by atoms with E-state index in [2.05, 4.69) is 21.2 Å². The summed E-state index contributed by atoms with van der Waals surface area (Å²) in [5, 5.41) is 11.7. The summed E-state index contributed by atoms with van der Waals surface area (Å²) in [6.45, 7) is 0.778. The lowest BCUT2D eigenvalue weighted by atomic mass is 9.87. The molecule has 17 heavy (non-hydrogen) atoms. The zero-order valence-corrected chi connectivity index (χ0v) is 10.7. The third-order valence-electron chi connectivity index (χ3n) is 2.74. The van der Waals surface area contributed by atoms with E-state index in [1.165, 1.54) is 0 Å². The fourth-order valence-corrected chi connectivity index (χ4v) is 1.96. The third kappa shape index (κ3) is 2.33. The van der Waals surface area contributed by atoms with Crippen molar-refractivity contribution in [3.05, 3.63) is 34.3 Å². The summed E-state index contributed by atoms with van der Waals surface area (Å²) in [6.07, 6.45) is 0. The summed E-state index contributed by atoms with van der Waals surface area (Å²) in [6, 6.07) is 9.66. The summed E-state index contributed by atoms with van der Waals surface area (Å²) in [7, 11) is 0. The molecule has 1 aliphatic rings. The van der Waals surface area contributed by atoms with Crippen molar-refractivity contribution in [1.29, 1.82) is 5.26 Å². The molecule has 2 rings (SSSR count). The average molecular weight is 295 g/mol. The van der Waals surface area contributed by atoms with Crippen molar-refractivity contribution in [2.75, 3.05) is 13.2 Å². The number of rotatable bonds is 3. The molecule has 88 valence electrons. The Morgan fingerprint density at radius 3 is 2.76 bits per heavy atom. The molecule has 1 aliphatic heterocycles. The van der Waals surface area contributed by atoms with Crippen LogP contribution in [0.4, 0.5) is 0 Å². The molecular formula is C12H11BrN2O2. The first-order chi connectivity index (χ1) is 8.18. The quantitative estimate of drug-likeness (QED) is 0.921. The average Bonchev–Trinajstić information content (AvgIpc) is 2.27. The predicted molar refractivity (Wildman–Crippen MR) is 64.9 cm³/mol. The summed E-state index contributed by atoms with van der Waals surface area (Å²) in [5.41, 5.74) is -0.00414. The summed E-state index contributed by atoms with van der Waals surface area (Å²) < 4.78 is 5.87. The Labute approximate surface area is 108 Å². The maximum absolute atomic E-state index is 11.8. The van der Waals surface area contributed by atoms with Gasteiger partial charge in [0.2, 0.25) is 5.91 Å². The molecule has 0 aliphatic carbocycles. The van der Waals surface area contributed by atoms with Gasteiger partial charge in [-0.1, -0.05) is 34.1 Å². The van der Waals surface area contributed by atoms with Crippen LogP contribution in [-0.2, 0) is 16.1 Å². The van der Waals surface area contributed by atoms with Gasteiger partial charge in [-0.2, -0.15) is 5.26 Å². The Morgan fingerprint density at radius 1 is 1.53 bits per heavy atom. The zero-order valence-electron chi connectivity index (χ0n) is 9.07. The van der Waals surface area contributed by atoms with Gasteiger partial charge in [0, 0.05) is 11.0 Å². The first-order valence-electron chi connectivity index (χ1n) is 5.19. The van der Waals surface area contributed by atoms with Crippen molar-refractivity contribution in [2.45, 2.75) is 6.54 Å². The molecular weight excluding hydrogens is 284 g/mol. The first kappa shape index (κ1) is 12.1. The normalized spacial score (nSPS) is 16.7. The second-order valence-electron chi connectivity index (χ2n) is 3.96. The van der Waals surface area contributed by atoms with Crippen molar-refractivity contribution in [2.24, 2.45) is 5.41 Å². The molecule has 1 amide bonds. The fourth-order valence-electron chi connectivity index (χ4n) is 1.54. The number of amides is 1. The number of hydrogen-bond acceptors (Lipinski definition) is 3. The van der Waals surface area contributed by atoms with Gasteiger partial charge >= 0.3 is 0 Å². The van der Waals surface area contributed by atoms with Gasteiger partial charge < -0.3 is 10.1 Å². The molecule has 1 fully saturated rings. The van der Waals surface area contributed by atoms with Crippen molar-refractivity contribution in [1.82, 2.24) is 5.32 Å². The van der Waals surface area contributed by atoms with Crippen molar-refractivity contribution in [3.8, 4) is 6.07 Å². The van der Waals surface area contributed by atoms with Crippen LogP contribution in [0.5, 0.6) is 0 Å². The summed E-state index contributed by atoms with van der Waals surface area (Å²) in [5.74, 6) is -0.262. The molecule has 0 saturated carbocycles. The number of nitriles is 1. The van der Waals surface area contributed by atoms with E-state index in [0.29, 0.717) is 6.54 Å². The van der Waals surface area contributed by atoms with Crippen LogP contribution in [0, 0.1) is 16.7 Å². The first-order valence-corrected chi connectivity index (χ1v) is 5.98. The van der Waals surface area contributed by atoms with Gasteiger partial charge in [0.1, 0.15) is 0 Å². The lowest BCUT2D eigenvalue weighted by Gasteiger charge is -2.33. The van der Waals surface area contributed by atoms with E-state index in [1.54, 1.807) is 0 Å². The molecule has 0 aromatic heterocycles. The van der Waals surface area contributed by atoms with E-state index in [9.17, 15) is 4.79 Å². The monoisotopic (exact) mass is 294 g/mol. The maximum Gasteiger partial charge on any atom is 0.245 e. The Kier molecular flexibility index (Phi) is 3.46. The highest BCUT2D eigenvalue weighted by atomic mass is 79.9. The van der Waals surface area contributed by atoms with E-state index in [4.69, 9.17) is 10.00 Å². The number of halogens is 1. The lowest BCUT2D eigenvalue weighted by Crippen LogP contribution is -2.52. The molecule has 5 heteroatoms. The SMILES string of the molecule is N#CC1(C(=O)NCc2ccccc2Br)COC1. The molecule has 1 heterocycles. The second-order valence-corrected chi connectivity index (χ2v) is 4.82. The minimum Gasteiger partial charge on any atom is -0.377 e. The number of carbonyl (C=O) groups is 1. The third-order valence-corrected chi connectivity index (χ3v) is 3.52. The van der Waals surface area contributed by atoms with Crippen molar-refractivity contribution >= 4 is 21.8 Å². The topological polar surface area (TPSA) is 62.1 Å². The van der Waals surface area contributed by atoms with E-state index < -0.39 is 5.41 Å². The van der Waals surface area contributed by atoms with Crippen molar-refractivity contribution in [3.63, 3.8) is 0 Å². The number of carbonyl (C=O) groups excluding carboxylic acids is 1. The van der Waals surface area contributed by atoms with E-state index in [0.717, 1.165) is 10.0 Å². The summed E-state index contributed by atoms with van der Waals surface area (Å²) >= 11 is 3.40. The molecule has 0 atom stereocenters. The van der Waals surface area contributed by atoms with Crippen LogP contribution >= 0.6 is 15.9 Å². The molecule has 0 spiro atoms. The number of nitrogens with zero attached hydrogens (tertiary/aromatic N) is 1. The van der Waals surface area contributed by atoms with E-state index in [-0.39, 0.29) is 19.1 Å². The van der Waals surface area contributed by atoms with Crippen LogP contribution in [-0.4, -0.2) is 19.1 Å². The fraction of sp³-hybridized carbons (Fsp3) is 0.333. The molecule has 1 N–H and O–H groups in total. The van der Waals surface area contributed by atoms with E-state index >= 15 is 0 Å². The van der Waals surface area contributed by atoms with Crippen LogP contribution < -0.4 is 5.32 Å². The number of benzene rings is 1. The standard InChI is InChI=1S/C12H11BrN2O2/c13-10-4-2-1-3-9(10)5-15-11(16)12(6-14)7-17-8-12/h1-4H,5,7-8H2,(H,15,16). The second kappa shape index (κ2) is 4.86. The maximum atomic E-state index is 11.8. The Bertz CT molecular complexity index is 478. The Hall–Kier alpha value is -1.38. The van der Waals surface area contributed by atoms with Crippen LogP contribution in [0.1, 0.15) is 5.56 Å². The highest BCUT2D eigenvalue weighted by Gasteiger charge is 2.46. The number of nitrogens with one attached hydrogen (secondary N) is 1. The molecule has 0 radical (unpaired) electrons. The number of ether oxygens (including phenoxy) is 1. The van der Waals surface area contributed by atoms with Crippen LogP contribution in [0.25, 0.3) is 0 Å². The zero-order chi connectivity index (χ0) is 12.3. The predicted octanol–water partition coefficient (Wildman–Crippen LogP) is 1.61. The lowest BCUT2D eigenvalue weighted by molar-refractivity contribution is -0.150. The van der Waals surface area contributed by atoms with Gasteiger partial charge in [-0.25, -0.2) is 0 Å². The highest BCUT2D eigenvalue weighted by Crippen LogP contribution is 2.26. The van der Waals surface area contributed by atoms with Gasteiger partial charge in [0.15, 0.2) is 5.41 Å². The van der Waals surface area contributed by atoms with Gasteiger partial charge in [0.25, 0.3) is 0 Å². The van der Waals surface area contributed by atoms with Gasteiger partial charge in [-0.15, -0.1) is 0 Å². The van der Waals surface area contributed by atoms with Crippen molar-refractivity contribution < 1.29 is 9.53 Å². The van der Waals surface area contributed by atoms with Gasteiger partial charge in [0.05, 0.1) is 19.3 Å². The Balaban J connectivity index is 1.98. The molecule has 0 bridgehead atoms. The smallest absolute Gasteiger partial charge is 0.245 e. The van der Waals surface area contributed by atoms with E-state index in [1.807, 2.05) is 30.3 Å². The minimum absolute atomic E-state index is 0.186. The minimum atomic E-state index is -0.985. The molecule has 1 aromatic carbocycles. The largest absolute Gasteiger partial charge is 0.377 e. The molecule has 0 unspecified atom stereocenters. The summed E-state index contributed by atoms with van der Waals surface area (Å²) in [4.78, 5) is 11.8. The van der Waals surface area contributed by atoms with Gasteiger partial charge in [-0.3, -0.25) is 4.79 Å². The molecule has 4 nitrogen and oxygen atoms in total. The number of hydrogen-bond donors (Lipinski definition) is 1. The van der Waals surface area contributed by atoms with Crippen LogP contribution in [0.2, 0.25) is 0 Å². The highest BCUT2D eigenvalue weighted by molar-refractivity contribution is 9.10. The molecule has 1 saturated heterocycles.